The van der Waals surface area contributed by atoms with Crippen LogP contribution in [-0.2, 0) is 0 Å². The van der Waals surface area contributed by atoms with Crippen LogP contribution in [0.15, 0.2) is 29.2 Å². The highest BCUT2D eigenvalue weighted by Gasteiger charge is 2.27. The zero-order valence-corrected chi connectivity index (χ0v) is 15.9. The lowest BCUT2D eigenvalue weighted by Gasteiger charge is -2.30. The van der Waals surface area contributed by atoms with E-state index in [0.29, 0.717) is 47.8 Å². The first-order valence-electron chi connectivity index (χ1n) is 9.93. The molecule has 0 atom stereocenters. The Morgan fingerprint density at radius 3 is 2.75 bits per heavy atom. The lowest BCUT2D eigenvalue weighted by molar-refractivity contribution is 0.259. The number of ether oxygens (including phenoxy) is 2. The first-order valence-corrected chi connectivity index (χ1v) is 9.93. The van der Waals surface area contributed by atoms with Crippen molar-refractivity contribution >= 4 is 11.5 Å². The number of benzene rings is 1. The van der Waals surface area contributed by atoms with Crippen LogP contribution < -0.4 is 31.9 Å². The molecule has 4 rings (SSSR count). The zero-order chi connectivity index (χ0) is 19.5. The lowest BCUT2D eigenvalue weighted by atomic mass is 9.84. The third-order valence-electron chi connectivity index (χ3n) is 5.53. The minimum Gasteiger partial charge on any atom is -0.490 e. The van der Waals surface area contributed by atoms with Crippen LogP contribution in [0.25, 0.3) is 0 Å². The minimum atomic E-state index is -0.263. The van der Waals surface area contributed by atoms with Gasteiger partial charge in [-0.05, 0) is 56.7 Å². The van der Waals surface area contributed by atoms with Crippen molar-refractivity contribution in [2.75, 3.05) is 25.0 Å². The van der Waals surface area contributed by atoms with Gasteiger partial charge >= 0.3 is 5.69 Å². The van der Waals surface area contributed by atoms with Gasteiger partial charge in [0, 0.05) is 12.6 Å². The highest BCUT2D eigenvalue weighted by Crippen LogP contribution is 2.45. The summed E-state index contributed by atoms with van der Waals surface area (Å²) in [6, 6.07) is 5.70. The molecule has 150 valence electrons. The van der Waals surface area contributed by atoms with Gasteiger partial charge in [-0.2, -0.15) is 4.98 Å². The second-order valence-electron chi connectivity index (χ2n) is 7.39. The topological polar surface area (TPSA) is 117 Å². The van der Waals surface area contributed by atoms with Gasteiger partial charge in [-0.3, -0.25) is 4.57 Å². The van der Waals surface area contributed by atoms with Gasteiger partial charge in [0.05, 0.1) is 6.20 Å². The van der Waals surface area contributed by atoms with Crippen LogP contribution in [0.4, 0.5) is 11.5 Å². The van der Waals surface area contributed by atoms with Gasteiger partial charge < -0.3 is 26.3 Å². The number of nitrogens with zero attached hydrogens (tertiary/aromatic N) is 2. The molecule has 28 heavy (non-hydrogen) atoms. The number of anilines is 2. The van der Waals surface area contributed by atoms with E-state index in [1.54, 1.807) is 10.8 Å². The summed E-state index contributed by atoms with van der Waals surface area (Å²) in [5.41, 5.74) is 11.6. The number of hydrogen-bond acceptors (Lipinski definition) is 7. The van der Waals surface area contributed by atoms with E-state index in [9.17, 15) is 4.79 Å². The molecule has 0 bridgehead atoms. The molecule has 0 spiro atoms. The summed E-state index contributed by atoms with van der Waals surface area (Å²) in [7, 11) is 0. The molecule has 8 nitrogen and oxygen atoms in total. The fraction of sp³-hybridized carbons (Fsp3) is 0.500. The molecule has 0 amide bonds. The Bertz CT molecular complexity index is 890. The van der Waals surface area contributed by atoms with E-state index in [1.807, 2.05) is 18.2 Å². The van der Waals surface area contributed by atoms with Gasteiger partial charge in [-0.15, -0.1) is 0 Å². The average Bonchev–Trinajstić information content (AvgIpc) is 2.71. The molecule has 0 unspecified atom stereocenters. The number of aromatic nitrogens is 2. The summed E-state index contributed by atoms with van der Waals surface area (Å²) < 4.78 is 13.4. The fourth-order valence-corrected chi connectivity index (χ4v) is 4.07. The molecule has 5 N–H and O–H groups in total. The Hall–Kier alpha value is -2.58. The van der Waals surface area contributed by atoms with Gasteiger partial charge in [-0.25, -0.2) is 4.79 Å². The minimum absolute atomic E-state index is 0.156. The van der Waals surface area contributed by atoms with Gasteiger partial charge in [-0.1, -0.05) is 6.07 Å². The number of fused-ring (bicyclic) bond motifs is 2. The molecule has 1 aliphatic heterocycles. The highest BCUT2D eigenvalue weighted by atomic mass is 16.5. The Labute approximate surface area is 163 Å². The van der Waals surface area contributed by atoms with Crippen molar-refractivity contribution in [1.29, 1.82) is 0 Å². The van der Waals surface area contributed by atoms with Crippen molar-refractivity contribution in [1.82, 2.24) is 9.55 Å². The predicted molar refractivity (Wildman–Crippen MR) is 108 cm³/mol. The van der Waals surface area contributed by atoms with Crippen molar-refractivity contribution in [2.24, 2.45) is 17.4 Å². The number of nitrogens with two attached hydrogens (primary N) is 2. The smallest absolute Gasteiger partial charge is 0.350 e. The van der Waals surface area contributed by atoms with E-state index in [2.05, 4.69) is 10.3 Å². The maximum atomic E-state index is 12.7. The summed E-state index contributed by atoms with van der Waals surface area (Å²) in [6.45, 7) is 1.54. The maximum absolute atomic E-state index is 12.7. The molecule has 1 saturated carbocycles. The van der Waals surface area contributed by atoms with Crippen LogP contribution in [0.2, 0.25) is 0 Å². The van der Waals surface area contributed by atoms with Crippen molar-refractivity contribution in [3.8, 4) is 17.2 Å². The second-order valence-corrected chi connectivity index (χ2v) is 7.39. The Morgan fingerprint density at radius 1 is 1.18 bits per heavy atom. The molecule has 8 heteroatoms. The Balaban J connectivity index is 1.56. The molecule has 1 aromatic heterocycles. The molecule has 1 aliphatic carbocycles. The third-order valence-corrected chi connectivity index (χ3v) is 5.53. The molecule has 2 aromatic rings. The SMILES string of the molecule is NCCOc1cccc2c1Nc1nc(=O)n([C@H]3CC[C@H](CCN)CC3)cc1O2. The van der Waals surface area contributed by atoms with E-state index < -0.39 is 0 Å². The monoisotopic (exact) mass is 385 g/mol. The van der Waals surface area contributed by atoms with Crippen LogP contribution in [0.1, 0.15) is 38.1 Å². The summed E-state index contributed by atoms with van der Waals surface area (Å²) in [5.74, 6) is 2.89. The van der Waals surface area contributed by atoms with Crippen LogP contribution in [-0.4, -0.2) is 29.2 Å². The maximum Gasteiger partial charge on any atom is 0.350 e. The second kappa shape index (κ2) is 8.20. The standard InChI is InChI=1S/C20H27N5O3/c21-9-8-13-4-6-14(7-5-13)25-12-17-19(24-20(25)26)23-18-15(27-11-10-22)2-1-3-16(18)28-17/h1-3,12-14H,4-11,21-22H2,(H,23,24,26)/t13-,14-. The van der Waals surface area contributed by atoms with Crippen LogP contribution in [0.3, 0.4) is 0 Å². The van der Waals surface area contributed by atoms with Gasteiger partial charge in [0.2, 0.25) is 0 Å². The first-order chi connectivity index (χ1) is 13.7. The largest absolute Gasteiger partial charge is 0.490 e. The van der Waals surface area contributed by atoms with E-state index in [4.69, 9.17) is 20.9 Å². The van der Waals surface area contributed by atoms with Crippen LogP contribution in [0, 0.1) is 5.92 Å². The number of nitrogens with one attached hydrogen (secondary N) is 1. The molecule has 1 fully saturated rings. The van der Waals surface area contributed by atoms with Crippen molar-refractivity contribution in [3.05, 3.63) is 34.9 Å². The zero-order valence-electron chi connectivity index (χ0n) is 15.9. The summed E-state index contributed by atoms with van der Waals surface area (Å²) in [5, 5.41) is 3.18. The molecular weight excluding hydrogens is 358 g/mol. The highest BCUT2D eigenvalue weighted by molar-refractivity contribution is 5.77. The molecular formula is C20H27N5O3. The van der Waals surface area contributed by atoms with Crippen molar-refractivity contribution in [3.63, 3.8) is 0 Å². The summed E-state index contributed by atoms with van der Waals surface area (Å²) in [4.78, 5) is 16.9. The Kier molecular flexibility index (Phi) is 5.50. The molecule has 0 saturated heterocycles. The summed E-state index contributed by atoms with van der Waals surface area (Å²) >= 11 is 0. The van der Waals surface area contributed by atoms with E-state index in [0.717, 1.165) is 38.6 Å². The van der Waals surface area contributed by atoms with Gasteiger partial charge in [0.15, 0.2) is 17.3 Å². The fourth-order valence-electron chi connectivity index (χ4n) is 4.07. The number of rotatable bonds is 6. The predicted octanol–water partition coefficient (Wildman–Crippen LogP) is 2.51. The van der Waals surface area contributed by atoms with Gasteiger partial charge in [0.1, 0.15) is 18.0 Å². The van der Waals surface area contributed by atoms with Gasteiger partial charge in [0.25, 0.3) is 0 Å². The Morgan fingerprint density at radius 2 is 2.00 bits per heavy atom. The quantitative estimate of drug-likeness (QED) is 0.597. The van der Waals surface area contributed by atoms with E-state index in [-0.39, 0.29) is 11.7 Å². The first kappa shape index (κ1) is 18.8. The average molecular weight is 385 g/mol. The third kappa shape index (κ3) is 3.70. The van der Waals surface area contributed by atoms with Crippen molar-refractivity contribution in [2.45, 2.75) is 38.1 Å². The van der Waals surface area contributed by atoms with Crippen LogP contribution >= 0.6 is 0 Å². The number of para-hydroxylation sites is 1. The van der Waals surface area contributed by atoms with E-state index >= 15 is 0 Å². The number of hydrogen-bond donors (Lipinski definition) is 3. The molecule has 2 heterocycles. The molecule has 0 radical (unpaired) electrons. The van der Waals surface area contributed by atoms with Crippen LogP contribution in [0.5, 0.6) is 17.2 Å². The normalized spacial score (nSPS) is 20.5. The van der Waals surface area contributed by atoms with Crippen molar-refractivity contribution < 1.29 is 9.47 Å². The van der Waals surface area contributed by atoms with E-state index in [1.165, 1.54) is 0 Å². The molecule has 2 aliphatic rings. The lowest BCUT2D eigenvalue weighted by Crippen LogP contribution is -2.31. The molecule has 1 aromatic carbocycles. The summed E-state index contributed by atoms with van der Waals surface area (Å²) in [6.07, 6.45) is 6.95.